The highest BCUT2D eigenvalue weighted by Crippen LogP contribution is 2.56. The molecular formula is C46H52N12. The number of rotatable bonds is 4. The van der Waals surface area contributed by atoms with Gasteiger partial charge in [-0.3, -0.25) is 19.6 Å². The van der Waals surface area contributed by atoms with Crippen LogP contribution in [0.3, 0.4) is 0 Å². The van der Waals surface area contributed by atoms with Crippen LogP contribution in [0.25, 0.3) is 0 Å². The van der Waals surface area contributed by atoms with Crippen molar-refractivity contribution in [3.05, 3.63) is 129 Å². The van der Waals surface area contributed by atoms with Crippen LogP contribution in [-0.2, 0) is 10.8 Å². The van der Waals surface area contributed by atoms with E-state index < -0.39 is 0 Å². The molecule has 0 unspecified atom stereocenters. The van der Waals surface area contributed by atoms with E-state index in [0.717, 1.165) is 79.4 Å². The Hall–Kier alpha value is -6.30. The smallest absolute Gasteiger partial charge is 0.236 e. The summed E-state index contributed by atoms with van der Waals surface area (Å²) in [4.78, 5) is 49.7. The summed E-state index contributed by atoms with van der Waals surface area (Å²) in [6, 6.07) is 21.2. The summed E-state index contributed by atoms with van der Waals surface area (Å²) in [6.07, 6.45) is 0. The van der Waals surface area contributed by atoms with Crippen LogP contribution in [0.2, 0.25) is 0 Å². The van der Waals surface area contributed by atoms with E-state index in [0.29, 0.717) is 35.4 Å². The molecule has 0 radical (unpaired) electrons. The Bertz CT molecular complexity index is 2400. The van der Waals surface area contributed by atoms with E-state index in [1.165, 1.54) is 0 Å². The Morgan fingerprint density at radius 1 is 0.310 bits per heavy atom. The van der Waals surface area contributed by atoms with E-state index in [2.05, 4.69) is 97.5 Å². The Kier molecular flexibility index (Phi) is 9.09. The van der Waals surface area contributed by atoms with Crippen LogP contribution in [0.1, 0.15) is 98.2 Å². The van der Waals surface area contributed by atoms with Gasteiger partial charge in [0.15, 0.2) is 11.6 Å². The van der Waals surface area contributed by atoms with Crippen LogP contribution < -0.4 is 19.6 Å². The van der Waals surface area contributed by atoms with Crippen molar-refractivity contribution in [2.24, 2.45) is 0 Å². The van der Waals surface area contributed by atoms with Crippen molar-refractivity contribution in [3.63, 3.8) is 0 Å². The highest BCUT2D eigenvalue weighted by molar-refractivity contribution is 5.98. The molecule has 4 aromatic heterocycles. The fourth-order valence-electron chi connectivity index (χ4n) is 7.81. The van der Waals surface area contributed by atoms with Gasteiger partial charge in [0.05, 0.1) is 22.7 Å². The zero-order valence-corrected chi connectivity index (χ0v) is 36.1. The minimum absolute atomic E-state index is 0.161. The summed E-state index contributed by atoms with van der Waals surface area (Å²) in [5, 5.41) is 0. The lowest BCUT2D eigenvalue weighted by molar-refractivity contribution is 0.590. The third-order valence-corrected chi connectivity index (χ3v) is 10.4. The maximum atomic E-state index is 5.15. The summed E-state index contributed by atoms with van der Waals surface area (Å²) in [7, 11) is 0. The normalized spacial score (nSPS) is 15.4. The number of nitrogens with zero attached hydrogens (tertiary/aromatic N) is 12. The van der Waals surface area contributed by atoms with Crippen LogP contribution in [0.15, 0.2) is 72.3 Å². The number of anilines is 8. The van der Waals surface area contributed by atoms with Gasteiger partial charge in [-0.15, -0.1) is 0 Å². The standard InChI is InChI=1S/C46H52N12/c1-25-19-26(2)48-41(47-25)55-35-17-15-33(45(9,10)11)23-37(35)57(43-51-29(5)21-30(6)52-43)39(55)40-56(42-49-27(3)20-28(4)50-42)36-18-16-34(46(12,13)14)24-38(36)58(40)44-53-31(7)22-32(8)54-44/h15-24H,1-14H3/b40-39+. The van der Waals surface area contributed by atoms with E-state index in [-0.39, 0.29) is 10.8 Å². The van der Waals surface area contributed by atoms with Crippen molar-refractivity contribution >= 4 is 46.5 Å². The number of benzene rings is 2. The first-order chi connectivity index (χ1) is 27.3. The largest absolute Gasteiger partial charge is 0.259 e. The van der Waals surface area contributed by atoms with E-state index >= 15 is 0 Å². The van der Waals surface area contributed by atoms with Gasteiger partial charge < -0.3 is 0 Å². The fraction of sp³-hybridized carbons (Fsp3) is 0.348. The average molecular weight is 773 g/mol. The lowest BCUT2D eigenvalue weighted by Crippen LogP contribution is -2.36. The second-order valence-electron chi connectivity index (χ2n) is 17.7. The zero-order chi connectivity index (χ0) is 41.6. The van der Waals surface area contributed by atoms with Crippen molar-refractivity contribution in [1.29, 1.82) is 0 Å². The van der Waals surface area contributed by atoms with Gasteiger partial charge in [-0.2, -0.15) is 0 Å². The molecule has 296 valence electrons. The SMILES string of the molecule is Cc1cc(C)nc(N2/C(=C3/N(c4nc(C)cc(C)n4)c4ccc(C(C)(C)C)cc4N3c3nc(C)cc(C)n3)N(c3nc(C)cc(C)n3)c3cc(C(C)(C)C)ccc32)n1. The topological polar surface area (TPSA) is 116 Å². The molecule has 8 rings (SSSR count). The molecule has 2 aliphatic rings. The number of aryl methyl sites for hydroxylation is 8. The Morgan fingerprint density at radius 3 is 0.759 bits per heavy atom. The Labute approximate surface area is 341 Å². The van der Waals surface area contributed by atoms with Gasteiger partial charge in [0, 0.05) is 45.6 Å². The lowest BCUT2D eigenvalue weighted by Gasteiger charge is -2.31. The molecule has 6 aromatic rings. The molecule has 0 saturated carbocycles. The van der Waals surface area contributed by atoms with Gasteiger partial charge in [0.25, 0.3) is 0 Å². The molecule has 0 fully saturated rings. The second-order valence-corrected chi connectivity index (χ2v) is 17.7. The minimum atomic E-state index is -0.161. The van der Waals surface area contributed by atoms with Crippen molar-refractivity contribution in [2.45, 2.75) is 108 Å². The maximum Gasteiger partial charge on any atom is 0.236 e. The van der Waals surface area contributed by atoms with Gasteiger partial charge in [-0.1, -0.05) is 53.7 Å². The first-order valence-electron chi connectivity index (χ1n) is 19.8. The monoisotopic (exact) mass is 772 g/mol. The van der Waals surface area contributed by atoms with Crippen molar-refractivity contribution in [3.8, 4) is 0 Å². The first-order valence-corrected chi connectivity index (χ1v) is 19.8. The highest BCUT2D eigenvalue weighted by Gasteiger charge is 2.48. The van der Waals surface area contributed by atoms with Crippen LogP contribution in [0, 0.1) is 55.4 Å². The van der Waals surface area contributed by atoms with Crippen molar-refractivity contribution in [2.75, 3.05) is 19.6 Å². The number of hydrogen-bond donors (Lipinski definition) is 0. The van der Waals surface area contributed by atoms with Crippen molar-refractivity contribution < 1.29 is 0 Å². The minimum Gasteiger partial charge on any atom is -0.259 e. The summed E-state index contributed by atoms with van der Waals surface area (Å²) in [5.41, 5.74) is 12.2. The van der Waals surface area contributed by atoms with E-state index in [1.54, 1.807) is 0 Å². The molecule has 0 amide bonds. The summed E-state index contributed by atoms with van der Waals surface area (Å²) >= 11 is 0. The molecule has 0 aliphatic carbocycles. The van der Waals surface area contributed by atoms with E-state index in [9.17, 15) is 0 Å². The molecular weight excluding hydrogens is 721 g/mol. The van der Waals surface area contributed by atoms with Gasteiger partial charge in [0.1, 0.15) is 0 Å². The maximum absolute atomic E-state index is 5.15. The second kappa shape index (κ2) is 13.7. The molecule has 0 N–H and O–H groups in total. The van der Waals surface area contributed by atoms with E-state index in [4.69, 9.17) is 39.9 Å². The average Bonchev–Trinajstić information content (AvgIpc) is 3.61. The zero-order valence-electron chi connectivity index (χ0n) is 36.1. The molecule has 58 heavy (non-hydrogen) atoms. The number of aromatic nitrogens is 8. The quantitative estimate of drug-likeness (QED) is 0.170. The van der Waals surface area contributed by atoms with E-state index in [1.807, 2.05) is 79.7 Å². The van der Waals surface area contributed by atoms with Crippen LogP contribution in [0.5, 0.6) is 0 Å². The summed E-state index contributed by atoms with van der Waals surface area (Å²) in [5.74, 6) is 3.38. The molecule has 12 nitrogen and oxygen atoms in total. The molecule has 0 atom stereocenters. The van der Waals surface area contributed by atoms with Gasteiger partial charge in [-0.25, -0.2) is 39.9 Å². The predicted octanol–water partition coefficient (Wildman–Crippen LogP) is 10.3. The number of fused-ring (bicyclic) bond motifs is 2. The predicted molar refractivity (Wildman–Crippen MR) is 232 cm³/mol. The molecule has 0 spiro atoms. The molecule has 12 heteroatoms. The molecule has 0 bridgehead atoms. The van der Waals surface area contributed by atoms with Gasteiger partial charge >= 0.3 is 0 Å². The molecule has 6 heterocycles. The van der Waals surface area contributed by atoms with Gasteiger partial charge in [-0.05, 0) is 126 Å². The van der Waals surface area contributed by atoms with Crippen LogP contribution in [-0.4, -0.2) is 39.9 Å². The third-order valence-electron chi connectivity index (χ3n) is 10.4. The lowest BCUT2D eigenvalue weighted by atomic mass is 9.86. The van der Waals surface area contributed by atoms with Crippen molar-refractivity contribution in [1.82, 2.24) is 39.9 Å². The third kappa shape index (κ3) is 6.80. The van der Waals surface area contributed by atoms with Crippen LogP contribution in [0.4, 0.5) is 46.5 Å². The molecule has 2 aliphatic heterocycles. The Morgan fingerprint density at radius 2 is 0.534 bits per heavy atom. The highest BCUT2D eigenvalue weighted by atomic mass is 15.5. The Balaban J connectivity index is 1.61. The fourth-order valence-corrected chi connectivity index (χ4v) is 7.81. The first kappa shape index (κ1) is 38.6. The molecule has 0 saturated heterocycles. The number of hydrogen-bond acceptors (Lipinski definition) is 12. The molecule has 2 aromatic carbocycles. The van der Waals surface area contributed by atoms with Crippen LogP contribution >= 0.6 is 0 Å². The summed E-state index contributed by atoms with van der Waals surface area (Å²) < 4.78 is 0. The van der Waals surface area contributed by atoms with Gasteiger partial charge in [0.2, 0.25) is 23.8 Å². The summed E-state index contributed by atoms with van der Waals surface area (Å²) in [6.45, 7) is 29.4.